The number of carbonyl (C=O) groups is 4. The molecule has 0 radical (unpaired) electrons. The number of carbonyl (C=O) groups excluding carboxylic acids is 4. The normalized spacial score (nSPS) is 20.3. The van der Waals surface area contributed by atoms with Crippen LogP contribution in [-0.4, -0.2) is 77.7 Å². The van der Waals surface area contributed by atoms with Gasteiger partial charge in [-0.3, -0.25) is 19.3 Å². The molecule has 34 heavy (non-hydrogen) atoms. The van der Waals surface area contributed by atoms with Gasteiger partial charge in [-0.25, -0.2) is 4.79 Å². The summed E-state index contributed by atoms with van der Waals surface area (Å²) < 4.78 is 0. The van der Waals surface area contributed by atoms with Crippen molar-refractivity contribution in [3.63, 3.8) is 0 Å². The van der Waals surface area contributed by atoms with Crippen LogP contribution in [0.1, 0.15) is 37.8 Å². The van der Waals surface area contributed by atoms with E-state index in [4.69, 9.17) is 23.2 Å². The van der Waals surface area contributed by atoms with E-state index in [0.717, 1.165) is 13.0 Å². The number of benzene rings is 1. The van der Waals surface area contributed by atoms with E-state index in [1.165, 1.54) is 9.80 Å². The molecule has 11 heteroatoms. The Bertz CT molecular complexity index is 1060. The fourth-order valence-corrected chi connectivity index (χ4v) is 5.16. The summed E-state index contributed by atoms with van der Waals surface area (Å²) in [5.74, 6) is -0.448. The average Bonchev–Trinajstić information content (AvgIpc) is 3.34. The average molecular weight is 508 g/mol. The highest BCUT2D eigenvalue weighted by Crippen LogP contribution is 2.39. The number of nitrogens with one attached hydrogen (secondary N) is 2. The highest BCUT2D eigenvalue weighted by molar-refractivity contribution is 6.35. The Morgan fingerprint density at radius 1 is 1.21 bits per heavy atom. The maximum Gasteiger partial charge on any atom is 0.322 e. The van der Waals surface area contributed by atoms with E-state index in [0.29, 0.717) is 59.4 Å². The zero-order valence-electron chi connectivity index (χ0n) is 18.9. The quantitative estimate of drug-likeness (QED) is 0.527. The summed E-state index contributed by atoms with van der Waals surface area (Å²) in [5.41, 5.74) is 1.55. The Morgan fingerprint density at radius 2 is 2.00 bits per heavy atom. The number of amides is 5. The van der Waals surface area contributed by atoms with E-state index in [9.17, 15) is 19.2 Å². The standard InChI is InChI=1S/C23H27Cl2N5O4/c1-2-30-17-12-29(13-18(31)26-8-4-10-28-9-3-5-19(28)32)22(33)20(17)21(27-23(30)34)15-7-6-14(24)11-16(15)25/h6-7,11,21H,2-5,8-10,12-13H2,1H3,(H,26,31)(H,27,34). The highest BCUT2D eigenvalue weighted by atomic mass is 35.5. The van der Waals surface area contributed by atoms with Gasteiger partial charge in [0.2, 0.25) is 11.8 Å². The molecule has 0 aliphatic carbocycles. The number of rotatable bonds is 8. The van der Waals surface area contributed by atoms with Crippen LogP contribution in [0.5, 0.6) is 0 Å². The smallest absolute Gasteiger partial charge is 0.322 e. The predicted octanol–water partition coefficient (Wildman–Crippen LogP) is 2.30. The second-order valence-electron chi connectivity index (χ2n) is 8.50. The van der Waals surface area contributed by atoms with Gasteiger partial charge in [-0.15, -0.1) is 0 Å². The second-order valence-corrected chi connectivity index (χ2v) is 9.35. The molecule has 3 aliphatic heterocycles. The van der Waals surface area contributed by atoms with Crippen LogP contribution >= 0.6 is 23.2 Å². The molecule has 1 saturated heterocycles. The number of hydrogen-bond donors (Lipinski definition) is 2. The van der Waals surface area contributed by atoms with Crippen molar-refractivity contribution in [1.82, 2.24) is 25.3 Å². The van der Waals surface area contributed by atoms with Gasteiger partial charge >= 0.3 is 6.03 Å². The van der Waals surface area contributed by atoms with Crippen LogP contribution in [0.15, 0.2) is 29.5 Å². The molecule has 2 N–H and O–H groups in total. The van der Waals surface area contributed by atoms with E-state index < -0.39 is 6.04 Å². The SMILES string of the molecule is CCN1C(=O)NC(c2ccc(Cl)cc2Cl)C2=C1CN(CC(=O)NCCCN1CCCC1=O)C2=O. The number of likely N-dealkylation sites (N-methyl/N-ethyl adjacent to an activating group) is 1. The molecule has 0 spiro atoms. The molecule has 5 amide bonds. The number of hydrogen-bond acceptors (Lipinski definition) is 4. The van der Waals surface area contributed by atoms with Gasteiger partial charge in [-0.05, 0) is 37.5 Å². The van der Waals surface area contributed by atoms with Crippen molar-refractivity contribution in [2.45, 2.75) is 32.2 Å². The summed E-state index contributed by atoms with van der Waals surface area (Å²) in [5, 5.41) is 6.48. The second kappa shape index (κ2) is 10.2. The minimum atomic E-state index is -0.728. The zero-order valence-corrected chi connectivity index (χ0v) is 20.4. The lowest BCUT2D eigenvalue weighted by Crippen LogP contribution is -2.47. The fourth-order valence-electron chi connectivity index (χ4n) is 4.65. The van der Waals surface area contributed by atoms with Crippen molar-refractivity contribution in [3.05, 3.63) is 45.1 Å². The monoisotopic (exact) mass is 507 g/mol. The fraction of sp³-hybridized carbons (Fsp3) is 0.478. The minimum absolute atomic E-state index is 0.124. The van der Waals surface area contributed by atoms with E-state index in [-0.39, 0.29) is 36.8 Å². The van der Waals surface area contributed by atoms with Crippen LogP contribution in [0, 0.1) is 0 Å². The predicted molar refractivity (Wildman–Crippen MR) is 127 cm³/mol. The minimum Gasteiger partial charge on any atom is -0.354 e. The molecule has 0 aromatic heterocycles. The molecule has 182 valence electrons. The summed E-state index contributed by atoms with van der Waals surface area (Å²) in [4.78, 5) is 55.0. The van der Waals surface area contributed by atoms with Crippen LogP contribution in [0.25, 0.3) is 0 Å². The summed E-state index contributed by atoms with van der Waals surface area (Å²) in [7, 11) is 0. The lowest BCUT2D eigenvalue weighted by atomic mass is 9.95. The van der Waals surface area contributed by atoms with Crippen molar-refractivity contribution in [2.75, 3.05) is 39.3 Å². The topological polar surface area (TPSA) is 102 Å². The van der Waals surface area contributed by atoms with Crippen molar-refractivity contribution >= 4 is 47.0 Å². The third-order valence-corrected chi connectivity index (χ3v) is 6.88. The Balaban J connectivity index is 1.42. The van der Waals surface area contributed by atoms with Gasteiger partial charge in [-0.1, -0.05) is 29.3 Å². The van der Waals surface area contributed by atoms with Gasteiger partial charge in [0.15, 0.2) is 0 Å². The Labute approximate surface area is 208 Å². The van der Waals surface area contributed by atoms with Crippen molar-refractivity contribution in [3.8, 4) is 0 Å². The number of nitrogens with zero attached hydrogens (tertiary/aromatic N) is 3. The zero-order chi connectivity index (χ0) is 24.4. The summed E-state index contributed by atoms with van der Waals surface area (Å²) in [6.45, 7) is 4.04. The molecule has 1 atom stereocenters. The first-order chi connectivity index (χ1) is 16.3. The van der Waals surface area contributed by atoms with E-state index in [1.807, 2.05) is 6.92 Å². The van der Waals surface area contributed by atoms with E-state index in [1.54, 1.807) is 23.1 Å². The maximum atomic E-state index is 13.3. The lowest BCUT2D eigenvalue weighted by molar-refractivity contribution is -0.132. The van der Waals surface area contributed by atoms with Gasteiger partial charge in [0.05, 0.1) is 23.9 Å². The van der Waals surface area contributed by atoms with Gasteiger partial charge in [0.25, 0.3) is 5.91 Å². The molecule has 3 aliphatic rings. The Morgan fingerprint density at radius 3 is 2.68 bits per heavy atom. The summed E-state index contributed by atoms with van der Waals surface area (Å²) in [6.07, 6.45) is 2.13. The van der Waals surface area contributed by atoms with Crippen LogP contribution < -0.4 is 10.6 Å². The molecule has 1 fully saturated rings. The van der Waals surface area contributed by atoms with Crippen molar-refractivity contribution < 1.29 is 19.2 Å². The third-order valence-electron chi connectivity index (χ3n) is 6.32. The third kappa shape index (κ3) is 4.86. The largest absolute Gasteiger partial charge is 0.354 e. The van der Waals surface area contributed by atoms with Crippen LogP contribution in [0.4, 0.5) is 4.79 Å². The van der Waals surface area contributed by atoms with Crippen LogP contribution in [0.3, 0.4) is 0 Å². The Kier molecular flexibility index (Phi) is 7.33. The highest BCUT2D eigenvalue weighted by Gasteiger charge is 2.44. The van der Waals surface area contributed by atoms with E-state index in [2.05, 4.69) is 10.6 Å². The molecular formula is C23H27Cl2N5O4. The van der Waals surface area contributed by atoms with Crippen molar-refractivity contribution in [2.24, 2.45) is 0 Å². The molecule has 0 saturated carbocycles. The van der Waals surface area contributed by atoms with Crippen LogP contribution in [-0.2, 0) is 14.4 Å². The van der Waals surface area contributed by atoms with E-state index >= 15 is 0 Å². The van der Waals surface area contributed by atoms with Gasteiger partial charge in [0.1, 0.15) is 6.54 Å². The Hall–Kier alpha value is -2.78. The molecule has 0 bridgehead atoms. The first-order valence-corrected chi connectivity index (χ1v) is 12.2. The molecule has 1 aromatic rings. The molecular weight excluding hydrogens is 481 g/mol. The maximum absolute atomic E-state index is 13.3. The van der Waals surface area contributed by atoms with Crippen LogP contribution in [0.2, 0.25) is 10.0 Å². The summed E-state index contributed by atoms with van der Waals surface area (Å²) >= 11 is 12.4. The van der Waals surface area contributed by atoms with Crippen molar-refractivity contribution in [1.29, 1.82) is 0 Å². The first-order valence-electron chi connectivity index (χ1n) is 11.4. The van der Waals surface area contributed by atoms with Gasteiger partial charge in [-0.2, -0.15) is 0 Å². The molecule has 9 nitrogen and oxygen atoms in total. The number of likely N-dealkylation sites (tertiary alicyclic amines) is 1. The first kappa shape index (κ1) is 24.3. The summed E-state index contributed by atoms with van der Waals surface area (Å²) in [6, 6.07) is 3.86. The molecule has 1 unspecified atom stereocenters. The van der Waals surface area contributed by atoms with Gasteiger partial charge < -0.3 is 20.4 Å². The molecule has 1 aromatic carbocycles. The molecule has 3 heterocycles. The number of urea groups is 1. The molecule has 4 rings (SSSR count). The number of halogens is 2. The lowest BCUT2D eigenvalue weighted by Gasteiger charge is -2.33. The van der Waals surface area contributed by atoms with Gasteiger partial charge in [0, 0.05) is 42.6 Å².